The molecular weight excluding hydrogens is 382 g/mol. The molecule has 7 heteroatoms. The summed E-state index contributed by atoms with van der Waals surface area (Å²) in [4.78, 5) is 12.3. The quantitative estimate of drug-likeness (QED) is 0.414. The maximum Gasteiger partial charge on any atom is 0.191 e. The molecule has 2 N–H and O–H groups in total. The minimum absolute atomic E-state index is 0.678. The lowest BCUT2D eigenvalue weighted by molar-refractivity contribution is 0.287. The second-order valence-electron chi connectivity index (χ2n) is 6.87. The van der Waals surface area contributed by atoms with Crippen LogP contribution in [0.3, 0.4) is 0 Å². The summed E-state index contributed by atoms with van der Waals surface area (Å²) in [7, 11) is 3.89. The number of guanidine groups is 1. The summed E-state index contributed by atoms with van der Waals surface area (Å²) in [6.45, 7) is 5.17. The van der Waals surface area contributed by atoms with E-state index in [1.165, 1.54) is 16.0 Å². The van der Waals surface area contributed by atoms with Gasteiger partial charge >= 0.3 is 0 Å². The van der Waals surface area contributed by atoms with Gasteiger partial charge in [0.25, 0.3) is 0 Å². The van der Waals surface area contributed by atoms with Gasteiger partial charge in [-0.15, -0.1) is 11.3 Å². The van der Waals surface area contributed by atoms with Crippen LogP contribution in [-0.4, -0.2) is 29.9 Å². The zero-order valence-corrected chi connectivity index (χ0v) is 18.1. The Labute approximate surface area is 176 Å². The lowest BCUT2D eigenvalue weighted by atomic mass is 10.1. The first-order chi connectivity index (χ1) is 14.2. The van der Waals surface area contributed by atoms with Gasteiger partial charge in [0.1, 0.15) is 10.8 Å². The van der Waals surface area contributed by atoms with E-state index < -0.39 is 0 Å². The Hall–Kier alpha value is -2.64. The third kappa shape index (κ3) is 6.44. The number of furan rings is 1. The number of aryl methyl sites for hydroxylation is 1. The van der Waals surface area contributed by atoms with Gasteiger partial charge in [-0.3, -0.25) is 9.89 Å². The molecular formula is C22H29N5OS. The molecule has 2 heterocycles. The second kappa shape index (κ2) is 10.8. The molecule has 1 aromatic carbocycles. The van der Waals surface area contributed by atoms with Crippen molar-refractivity contribution in [3.05, 3.63) is 75.6 Å². The Morgan fingerprint density at radius 1 is 1.10 bits per heavy atom. The van der Waals surface area contributed by atoms with Crippen molar-refractivity contribution in [1.29, 1.82) is 0 Å². The molecule has 0 radical (unpaired) electrons. The van der Waals surface area contributed by atoms with E-state index in [0.29, 0.717) is 13.1 Å². The fourth-order valence-corrected chi connectivity index (χ4v) is 3.85. The summed E-state index contributed by atoms with van der Waals surface area (Å²) in [5.41, 5.74) is 2.54. The predicted octanol–water partition coefficient (Wildman–Crippen LogP) is 3.80. The average molecular weight is 412 g/mol. The molecule has 154 valence electrons. The summed E-state index contributed by atoms with van der Waals surface area (Å²) < 4.78 is 5.46. The Kier molecular flexibility index (Phi) is 7.84. The first kappa shape index (κ1) is 21.1. The van der Waals surface area contributed by atoms with E-state index in [2.05, 4.69) is 63.7 Å². The van der Waals surface area contributed by atoms with Crippen LogP contribution in [0.15, 0.2) is 58.3 Å². The van der Waals surface area contributed by atoms with Gasteiger partial charge in [-0.05, 0) is 36.7 Å². The summed E-state index contributed by atoms with van der Waals surface area (Å²) in [5.74, 6) is 1.75. The molecule has 0 amide bonds. The van der Waals surface area contributed by atoms with Crippen LogP contribution in [-0.2, 0) is 32.6 Å². The van der Waals surface area contributed by atoms with Crippen molar-refractivity contribution in [2.24, 2.45) is 4.99 Å². The predicted molar refractivity (Wildman–Crippen MR) is 119 cm³/mol. The molecule has 0 aliphatic rings. The SMILES string of the molecule is CCc1cnc(CNC(=NC)NCc2ccccc2CN(C)Cc2ccco2)s1. The highest BCUT2D eigenvalue weighted by molar-refractivity contribution is 7.11. The van der Waals surface area contributed by atoms with Crippen LogP contribution in [0.5, 0.6) is 0 Å². The minimum atomic E-state index is 0.678. The standard InChI is InChI=1S/C22H29N5OS/c1-4-20-13-24-21(29-20)14-26-22(23-2)25-12-17-8-5-6-9-18(17)15-27(3)16-19-10-7-11-28-19/h5-11,13H,4,12,14-16H2,1-3H3,(H2,23,25,26). The maximum absolute atomic E-state index is 5.46. The maximum atomic E-state index is 5.46. The molecule has 0 aliphatic heterocycles. The van der Waals surface area contributed by atoms with Crippen molar-refractivity contribution in [2.75, 3.05) is 14.1 Å². The molecule has 0 atom stereocenters. The van der Waals surface area contributed by atoms with Gasteiger partial charge in [-0.1, -0.05) is 31.2 Å². The smallest absolute Gasteiger partial charge is 0.191 e. The van der Waals surface area contributed by atoms with Gasteiger partial charge in [0.2, 0.25) is 0 Å². The second-order valence-corrected chi connectivity index (χ2v) is 8.07. The first-order valence-electron chi connectivity index (χ1n) is 9.83. The number of rotatable bonds is 9. The summed E-state index contributed by atoms with van der Waals surface area (Å²) in [6, 6.07) is 12.4. The molecule has 29 heavy (non-hydrogen) atoms. The number of hydrogen-bond donors (Lipinski definition) is 2. The Bertz CT molecular complexity index is 904. The van der Waals surface area contributed by atoms with Gasteiger partial charge in [0.05, 0.1) is 19.4 Å². The van der Waals surface area contributed by atoms with Crippen LogP contribution in [0.2, 0.25) is 0 Å². The van der Waals surface area contributed by atoms with Crippen molar-refractivity contribution in [2.45, 2.75) is 39.5 Å². The number of nitrogens with one attached hydrogen (secondary N) is 2. The number of nitrogens with zero attached hydrogens (tertiary/aromatic N) is 3. The average Bonchev–Trinajstić information content (AvgIpc) is 3.41. The van der Waals surface area contributed by atoms with Gasteiger partial charge in [-0.2, -0.15) is 0 Å². The van der Waals surface area contributed by atoms with E-state index in [1.54, 1.807) is 24.6 Å². The number of aromatic nitrogens is 1. The van der Waals surface area contributed by atoms with Crippen LogP contribution in [0, 0.1) is 0 Å². The highest BCUT2D eigenvalue weighted by Crippen LogP contribution is 2.14. The third-order valence-electron chi connectivity index (χ3n) is 4.59. The Morgan fingerprint density at radius 3 is 2.59 bits per heavy atom. The molecule has 0 spiro atoms. The lowest BCUT2D eigenvalue weighted by Gasteiger charge is -2.19. The topological polar surface area (TPSA) is 65.7 Å². The molecule has 0 aliphatic carbocycles. The molecule has 0 saturated heterocycles. The summed E-state index contributed by atoms with van der Waals surface area (Å²) in [5, 5.41) is 7.84. The normalized spacial score (nSPS) is 11.8. The van der Waals surface area contributed by atoms with E-state index >= 15 is 0 Å². The fourth-order valence-electron chi connectivity index (χ4n) is 3.05. The molecule has 0 fully saturated rings. The molecule has 6 nitrogen and oxygen atoms in total. The fraction of sp³-hybridized carbons (Fsp3) is 0.364. The van der Waals surface area contributed by atoms with Gasteiger partial charge in [-0.25, -0.2) is 4.98 Å². The Balaban J connectivity index is 1.53. The van der Waals surface area contributed by atoms with Crippen LogP contribution in [0.25, 0.3) is 0 Å². The van der Waals surface area contributed by atoms with E-state index in [4.69, 9.17) is 4.42 Å². The van der Waals surface area contributed by atoms with Crippen molar-refractivity contribution >= 4 is 17.3 Å². The number of thiazole rings is 1. The van der Waals surface area contributed by atoms with Gasteiger partial charge < -0.3 is 15.1 Å². The van der Waals surface area contributed by atoms with Crippen molar-refractivity contribution in [1.82, 2.24) is 20.5 Å². The van der Waals surface area contributed by atoms with E-state index in [-0.39, 0.29) is 0 Å². The largest absolute Gasteiger partial charge is 0.468 e. The van der Waals surface area contributed by atoms with Gasteiger partial charge in [0.15, 0.2) is 5.96 Å². The summed E-state index contributed by atoms with van der Waals surface area (Å²) >= 11 is 1.74. The number of hydrogen-bond acceptors (Lipinski definition) is 5. The highest BCUT2D eigenvalue weighted by Gasteiger charge is 2.09. The first-order valence-corrected chi connectivity index (χ1v) is 10.7. The number of benzene rings is 1. The third-order valence-corrected chi connectivity index (χ3v) is 5.73. The Morgan fingerprint density at radius 2 is 1.90 bits per heavy atom. The summed E-state index contributed by atoms with van der Waals surface area (Å²) in [6.07, 6.45) is 4.69. The molecule has 3 aromatic rings. The van der Waals surface area contributed by atoms with E-state index in [1.807, 2.05) is 18.3 Å². The zero-order valence-electron chi connectivity index (χ0n) is 17.3. The van der Waals surface area contributed by atoms with Crippen molar-refractivity contribution in [3.63, 3.8) is 0 Å². The lowest BCUT2D eigenvalue weighted by Crippen LogP contribution is -2.36. The highest BCUT2D eigenvalue weighted by atomic mass is 32.1. The van der Waals surface area contributed by atoms with Crippen molar-refractivity contribution in [3.8, 4) is 0 Å². The van der Waals surface area contributed by atoms with E-state index in [0.717, 1.165) is 36.2 Å². The molecule has 3 rings (SSSR count). The van der Waals surface area contributed by atoms with Gasteiger partial charge in [0, 0.05) is 31.2 Å². The molecule has 2 aromatic heterocycles. The zero-order chi connectivity index (χ0) is 20.5. The van der Waals surface area contributed by atoms with Crippen molar-refractivity contribution < 1.29 is 4.42 Å². The number of aliphatic imine (C=N–C) groups is 1. The van der Waals surface area contributed by atoms with Crippen LogP contribution in [0.4, 0.5) is 0 Å². The van der Waals surface area contributed by atoms with Crippen LogP contribution in [0.1, 0.15) is 33.7 Å². The monoisotopic (exact) mass is 411 g/mol. The molecule has 0 saturated carbocycles. The minimum Gasteiger partial charge on any atom is -0.468 e. The van der Waals surface area contributed by atoms with Crippen LogP contribution < -0.4 is 10.6 Å². The molecule has 0 unspecified atom stereocenters. The van der Waals surface area contributed by atoms with Crippen LogP contribution >= 0.6 is 11.3 Å². The van der Waals surface area contributed by atoms with E-state index in [9.17, 15) is 0 Å². The molecule has 0 bridgehead atoms.